The molecule has 0 aromatic rings. The molecule has 0 radical (unpaired) electrons. The Morgan fingerprint density at radius 3 is 2.50 bits per heavy atom. The van der Waals surface area contributed by atoms with Crippen LogP contribution < -0.4 is 5.32 Å². The van der Waals surface area contributed by atoms with E-state index in [1.165, 1.54) is 25.9 Å². The van der Waals surface area contributed by atoms with Crippen LogP contribution in [0.25, 0.3) is 0 Å². The Labute approximate surface area is 81.7 Å². The highest BCUT2D eigenvalue weighted by molar-refractivity contribution is 7.99. The van der Waals surface area contributed by atoms with Gasteiger partial charge in [0.15, 0.2) is 0 Å². The van der Waals surface area contributed by atoms with Gasteiger partial charge in [-0.05, 0) is 31.7 Å². The molecule has 0 rings (SSSR count). The van der Waals surface area contributed by atoms with Gasteiger partial charge in [-0.15, -0.1) is 0 Å². The van der Waals surface area contributed by atoms with Crippen LogP contribution in [-0.2, 0) is 0 Å². The molecule has 0 spiro atoms. The van der Waals surface area contributed by atoms with Crippen molar-refractivity contribution in [2.75, 3.05) is 19.3 Å². The molecule has 0 fully saturated rings. The van der Waals surface area contributed by atoms with Gasteiger partial charge in [0.2, 0.25) is 0 Å². The second-order valence-corrected chi connectivity index (χ2v) is 4.69. The number of hydrogen-bond acceptors (Lipinski definition) is 2. The first-order chi connectivity index (χ1) is 5.72. The van der Waals surface area contributed by atoms with Crippen LogP contribution in [0.5, 0.6) is 0 Å². The normalized spacial score (nSPS) is 16.0. The van der Waals surface area contributed by atoms with Crippen molar-refractivity contribution < 1.29 is 0 Å². The van der Waals surface area contributed by atoms with E-state index in [2.05, 4.69) is 32.3 Å². The van der Waals surface area contributed by atoms with Gasteiger partial charge in [-0.2, -0.15) is 11.8 Å². The minimum atomic E-state index is 0.777. The quantitative estimate of drug-likeness (QED) is 0.618. The molecule has 12 heavy (non-hydrogen) atoms. The van der Waals surface area contributed by atoms with E-state index in [9.17, 15) is 0 Å². The Morgan fingerprint density at radius 1 is 1.33 bits per heavy atom. The van der Waals surface area contributed by atoms with Gasteiger partial charge in [-0.1, -0.05) is 27.2 Å². The summed E-state index contributed by atoms with van der Waals surface area (Å²) in [4.78, 5) is 0. The number of thioether (sulfide) groups is 1. The molecule has 1 N–H and O–H groups in total. The van der Waals surface area contributed by atoms with Gasteiger partial charge >= 0.3 is 0 Å². The fraction of sp³-hybridized carbons (Fsp3) is 1.00. The lowest BCUT2D eigenvalue weighted by atomic mass is 10.1. The molecule has 0 aliphatic rings. The molecule has 1 nitrogen and oxygen atoms in total. The van der Waals surface area contributed by atoms with Gasteiger partial charge < -0.3 is 5.32 Å². The van der Waals surface area contributed by atoms with Gasteiger partial charge in [-0.3, -0.25) is 0 Å². The molecule has 2 heteroatoms. The maximum atomic E-state index is 3.49. The second-order valence-electron chi connectivity index (χ2n) is 3.48. The predicted octanol–water partition coefficient (Wildman–Crippen LogP) is 2.76. The predicted molar refractivity (Wildman–Crippen MR) is 59.9 cm³/mol. The molecule has 74 valence electrons. The molecular weight excluding hydrogens is 166 g/mol. The molecule has 0 aliphatic carbocycles. The van der Waals surface area contributed by atoms with Crippen molar-refractivity contribution in [3.63, 3.8) is 0 Å². The van der Waals surface area contributed by atoms with Crippen LogP contribution in [0.3, 0.4) is 0 Å². The molecule has 0 bridgehead atoms. The second kappa shape index (κ2) is 7.93. The molecule has 2 unspecified atom stereocenters. The summed E-state index contributed by atoms with van der Waals surface area (Å²) >= 11 is 1.96. The monoisotopic (exact) mass is 189 g/mol. The summed E-state index contributed by atoms with van der Waals surface area (Å²) in [7, 11) is 0. The van der Waals surface area contributed by atoms with Crippen LogP contribution in [0, 0.1) is 5.92 Å². The summed E-state index contributed by atoms with van der Waals surface area (Å²) < 4.78 is 0. The first-order valence-electron chi connectivity index (χ1n) is 4.95. The van der Waals surface area contributed by atoms with Crippen LogP contribution >= 0.6 is 11.8 Å². The molecule has 0 aromatic heterocycles. The molecule has 0 heterocycles. The summed E-state index contributed by atoms with van der Waals surface area (Å²) in [5.74, 6) is 0.789. The third-order valence-electron chi connectivity index (χ3n) is 2.35. The van der Waals surface area contributed by atoms with Crippen molar-refractivity contribution in [3.8, 4) is 0 Å². The van der Waals surface area contributed by atoms with E-state index < -0.39 is 0 Å². The van der Waals surface area contributed by atoms with E-state index in [1.807, 2.05) is 11.8 Å². The van der Waals surface area contributed by atoms with Crippen molar-refractivity contribution >= 4 is 11.8 Å². The summed E-state index contributed by atoms with van der Waals surface area (Å²) in [5.41, 5.74) is 0. The average Bonchev–Trinajstić information content (AvgIpc) is 2.10. The largest absolute Gasteiger partial charge is 0.316 e. The molecular formula is C10H23NS. The van der Waals surface area contributed by atoms with Crippen molar-refractivity contribution in [2.24, 2.45) is 5.92 Å². The topological polar surface area (TPSA) is 12.0 Å². The maximum Gasteiger partial charge on any atom is 0.00536 e. The number of unbranched alkanes of at least 4 members (excludes halogenated alkanes) is 1. The summed E-state index contributed by atoms with van der Waals surface area (Å²) in [6, 6.07) is 0. The smallest absolute Gasteiger partial charge is 0.00536 e. The summed E-state index contributed by atoms with van der Waals surface area (Å²) in [5, 5.41) is 4.26. The van der Waals surface area contributed by atoms with Crippen LogP contribution in [0.1, 0.15) is 33.6 Å². The maximum absolute atomic E-state index is 3.49. The van der Waals surface area contributed by atoms with Crippen LogP contribution in [-0.4, -0.2) is 24.6 Å². The summed E-state index contributed by atoms with van der Waals surface area (Å²) in [6.45, 7) is 9.20. The first kappa shape index (κ1) is 12.3. The SMILES string of the molecule is CCCCNCC(C)C(C)SC. The number of nitrogens with one attached hydrogen (secondary N) is 1. The van der Waals surface area contributed by atoms with Gasteiger partial charge in [-0.25, -0.2) is 0 Å². The lowest BCUT2D eigenvalue weighted by Crippen LogP contribution is -2.27. The first-order valence-corrected chi connectivity index (χ1v) is 6.24. The van der Waals surface area contributed by atoms with Crippen molar-refractivity contribution in [1.82, 2.24) is 5.32 Å². The van der Waals surface area contributed by atoms with Crippen molar-refractivity contribution in [2.45, 2.75) is 38.9 Å². The van der Waals surface area contributed by atoms with E-state index >= 15 is 0 Å². The highest BCUT2D eigenvalue weighted by Crippen LogP contribution is 2.14. The van der Waals surface area contributed by atoms with Crippen LogP contribution in [0.2, 0.25) is 0 Å². The Morgan fingerprint density at radius 2 is 2.00 bits per heavy atom. The third kappa shape index (κ3) is 5.90. The van der Waals surface area contributed by atoms with Gasteiger partial charge in [0, 0.05) is 5.25 Å². The third-order valence-corrected chi connectivity index (χ3v) is 3.55. The Balaban J connectivity index is 3.24. The summed E-state index contributed by atoms with van der Waals surface area (Å²) in [6.07, 6.45) is 4.78. The highest BCUT2D eigenvalue weighted by Gasteiger charge is 2.09. The zero-order valence-electron chi connectivity index (χ0n) is 8.89. The molecule has 0 amide bonds. The fourth-order valence-electron chi connectivity index (χ4n) is 1.03. The van der Waals surface area contributed by atoms with Crippen molar-refractivity contribution in [1.29, 1.82) is 0 Å². The van der Waals surface area contributed by atoms with Gasteiger partial charge in [0.05, 0.1) is 0 Å². The zero-order valence-corrected chi connectivity index (χ0v) is 9.71. The molecule has 0 aliphatic heterocycles. The van der Waals surface area contributed by atoms with E-state index in [0.29, 0.717) is 0 Å². The average molecular weight is 189 g/mol. The number of hydrogen-bond donors (Lipinski definition) is 1. The minimum Gasteiger partial charge on any atom is -0.316 e. The Bertz CT molecular complexity index is 95.8. The van der Waals surface area contributed by atoms with E-state index in [0.717, 1.165) is 11.2 Å². The number of rotatable bonds is 7. The van der Waals surface area contributed by atoms with Gasteiger partial charge in [0.1, 0.15) is 0 Å². The fourth-order valence-corrected chi connectivity index (χ4v) is 1.59. The van der Waals surface area contributed by atoms with Crippen molar-refractivity contribution in [3.05, 3.63) is 0 Å². The molecule has 0 saturated carbocycles. The van der Waals surface area contributed by atoms with Crippen LogP contribution in [0.15, 0.2) is 0 Å². The lowest BCUT2D eigenvalue weighted by molar-refractivity contribution is 0.504. The Kier molecular flexibility index (Phi) is 8.14. The van der Waals surface area contributed by atoms with E-state index in [-0.39, 0.29) is 0 Å². The molecule has 2 atom stereocenters. The van der Waals surface area contributed by atoms with E-state index in [1.54, 1.807) is 0 Å². The highest BCUT2D eigenvalue weighted by atomic mass is 32.2. The standard InChI is InChI=1S/C10H23NS/c1-5-6-7-11-8-9(2)10(3)12-4/h9-11H,5-8H2,1-4H3. The zero-order chi connectivity index (χ0) is 9.40. The molecule has 0 saturated heterocycles. The Hall–Kier alpha value is 0.310. The van der Waals surface area contributed by atoms with Gasteiger partial charge in [0.25, 0.3) is 0 Å². The van der Waals surface area contributed by atoms with E-state index in [4.69, 9.17) is 0 Å². The minimum absolute atomic E-state index is 0.777. The lowest BCUT2D eigenvalue weighted by Gasteiger charge is -2.18. The molecule has 0 aromatic carbocycles. The van der Waals surface area contributed by atoms with Crippen LogP contribution in [0.4, 0.5) is 0 Å².